The number of carbonyl (C=O) groups is 1. The molecular formula is C13H22N2O. The second kappa shape index (κ2) is 6.55. The van der Waals surface area contributed by atoms with Crippen LogP contribution in [-0.2, 0) is 4.79 Å². The van der Waals surface area contributed by atoms with Crippen molar-refractivity contribution in [1.82, 2.24) is 4.90 Å². The highest BCUT2D eigenvalue weighted by atomic mass is 16.2. The van der Waals surface area contributed by atoms with E-state index in [0.717, 1.165) is 19.4 Å². The maximum absolute atomic E-state index is 11.9. The highest BCUT2D eigenvalue weighted by Gasteiger charge is 2.25. The summed E-state index contributed by atoms with van der Waals surface area (Å²) < 4.78 is 0. The van der Waals surface area contributed by atoms with E-state index in [4.69, 9.17) is 12.2 Å². The van der Waals surface area contributed by atoms with Crippen molar-refractivity contribution in [2.24, 2.45) is 11.7 Å². The lowest BCUT2D eigenvalue weighted by atomic mass is 10.1. The Morgan fingerprint density at radius 3 is 2.81 bits per heavy atom. The quantitative estimate of drug-likeness (QED) is 0.661. The molecule has 1 fully saturated rings. The van der Waals surface area contributed by atoms with Gasteiger partial charge in [-0.2, -0.15) is 0 Å². The number of terminal acetylenes is 1. The van der Waals surface area contributed by atoms with Crippen LogP contribution in [0.5, 0.6) is 0 Å². The van der Waals surface area contributed by atoms with Crippen LogP contribution in [0.25, 0.3) is 0 Å². The van der Waals surface area contributed by atoms with E-state index < -0.39 is 0 Å². The smallest absolute Gasteiger partial charge is 0.223 e. The standard InChI is InChI=1S/C13H22N2O/c1-3-9-15(10-12-7-8-12)13(16)6-4-5-11(2)14/h1,11-12H,4-10,14H2,2H3. The van der Waals surface area contributed by atoms with Crippen molar-refractivity contribution in [3.05, 3.63) is 0 Å². The number of amides is 1. The van der Waals surface area contributed by atoms with Crippen molar-refractivity contribution in [2.75, 3.05) is 13.1 Å². The Hall–Kier alpha value is -1.01. The Kier molecular flexibility index (Phi) is 5.34. The van der Waals surface area contributed by atoms with E-state index in [9.17, 15) is 4.79 Å². The van der Waals surface area contributed by atoms with E-state index in [-0.39, 0.29) is 11.9 Å². The first-order chi connectivity index (χ1) is 7.63. The number of hydrogen-bond acceptors (Lipinski definition) is 2. The maximum atomic E-state index is 11.9. The lowest BCUT2D eigenvalue weighted by Crippen LogP contribution is -2.33. The number of rotatable bonds is 7. The molecule has 0 saturated heterocycles. The van der Waals surface area contributed by atoms with Crippen molar-refractivity contribution in [3.8, 4) is 12.3 Å². The van der Waals surface area contributed by atoms with E-state index in [1.54, 1.807) is 0 Å². The van der Waals surface area contributed by atoms with Gasteiger partial charge in [-0.15, -0.1) is 6.42 Å². The Balaban J connectivity index is 2.26. The van der Waals surface area contributed by atoms with Gasteiger partial charge in [0.1, 0.15) is 0 Å². The first-order valence-electron chi connectivity index (χ1n) is 6.10. The molecule has 1 saturated carbocycles. The van der Waals surface area contributed by atoms with Crippen molar-refractivity contribution < 1.29 is 4.79 Å². The molecule has 90 valence electrons. The predicted molar refractivity (Wildman–Crippen MR) is 65.6 cm³/mol. The summed E-state index contributed by atoms with van der Waals surface area (Å²) in [6.07, 6.45) is 10.1. The number of nitrogens with zero attached hydrogens (tertiary/aromatic N) is 1. The Bertz CT molecular complexity index is 264. The lowest BCUT2D eigenvalue weighted by molar-refractivity contribution is -0.130. The molecule has 1 aliphatic carbocycles. The molecule has 0 aromatic heterocycles. The van der Waals surface area contributed by atoms with Gasteiger partial charge in [-0.3, -0.25) is 4.79 Å². The van der Waals surface area contributed by atoms with Crippen molar-refractivity contribution in [1.29, 1.82) is 0 Å². The van der Waals surface area contributed by atoms with Gasteiger partial charge in [0.25, 0.3) is 0 Å². The van der Waals surface area contributed by atoms with Crippen LogP contribution < -0.4 is 5.73 Å². The van der Waals surface area contributed by atoms with Crippen molar-refractivity contribution >= 4 is 5.91 Å². The van der Waals surface area contributed by atoms with Gasteiger partial charge in [0, 0.05) is 19.0 Å². The highest BCUT2D eigenvalue weighted by Crippen LogP contribution is 2.29. The molecule has 1 aliphatic rings. The molecule has 1 rings (SSSR count). The second-order valence-electron chi connectivity index (χ2n) is 4.79. The summed E-state index contributed by atoms with van der Waals surface area (Å²) in [4.78, 5) is 13.7. The Morgan fingerprint density at radius 1 is 1.62 bits per heavy atom. The molecule has 0 spiro atoms. The Morgan fingerprint density at radius 2 is 2.31 bits per heavy atom. The molecule has 16 heavy (non-hydrogen) atoms. The summed E-state index contributed by atoms with van der Waals surface area (Å²) in [7, 11) is 0. The van der Waals surface area contributed by atoms with Gasteiger partial charge in [-0.25, -0.2) is 0 Å². The minimum absolute atomic E-state index is 0.178. The van der Waals surface area contributed by atoms with Gasteiger partial charge in [0.2, 0.25) is 5.91 Å². The molecule has 0 heterocycles. The molecule has 0 aromatic rings. The second-order valence-corrected chi connectivity index (χ2v) is 4.79. The third-order valence-electron chi connectivity index (χ3n) is 2.86. The molecule has 1 amide bonds. The average Bonchev–Trinajstić information content (AvgIpc) is 3.00. The van der Waals surface area contributed by atoms with Crippen molar-refractivity contribution in [3.63, 3.8) is 0 Å². The highest BCUT2D eigenvalue weighted by molar-refractivity contribution is 5.76. The summed E-state index contributed by atoms with van der Waals surface area (Å²) in [6, 6.07) is 0.178. The average molecular weight is 222 g/mol. The van der Waals surface area contributed by atoms with Crippen LogP contribution in [0.1, 0.15) is 39.0 Å². The molecule has 0 aliphatic heterocycles. The van der Waals surface area contributed by atoms with E-state index in [2.05, 4.69) is 5.92 Å². The fourth-order valence-electron chi connectivity index (χ4n) is 1.71. The van der Waals surface area contributed by atoms with E-state index in [1.807, 2.05) is 11.8 Å². The molecule has 0 bridgehead atoms. The minimum Gasteiger partial charge on any atom is -0.331 e. The molecule has 0 radical (unpaired) electrons. The summed E-state index contributed by atoms with van der Waals surface area (Å²) in [5.74, 6) is 3.45. The van der Waals surface area contributed by atoms with Crippen LogP contribution in [0.2, 0.25) is 0 Å². The van der Waals surface area contributed by atoms with Gasteiger partial charge in [-0.1, -0.05) is 5.92 Å². The topological polar surface area (TPSA) is 46.3 Å². The van der Waals surface area contributed by atoms with Crippen molar-refractivity contribution in [2.45, 2.75) is 45.1 Å². The maximum Gasteiger partial charge on any atom is 0.223 e. The summed E-state index contributed by atoms with van der Waals surface area (Å²) >= 11 is 0. The van der Waals surface area contributed by atoms with Gasteiger partial charge < -0.3 is 10.6 Å². The zero-order valence-electron chi connectivity index (χ0n) is 10.1. The van der Waals surface area contributed by atoms with Gasteiger partial charge in [0.15, 0.2) is 0 Å². The largest absolute Gasteiger partial charge is 0.331 e. The first-order valence-corrected chi connectivity index (χ1v) is 6.10. The SMILES string of the molecule is C#CCN(CC1CC1)C(=O)CCCC(C)N. The fraction of sp³-hybridized carbons (Fsp3) is 0.769. The minimum atomic E-state index is 0.178. The van der Waals surface area contributed by atoms with Crippen LogP contribution in [0.4, 0.5) is 0 Å². The molecule has 3 heteroatoms. The monoisotopic (exact) mass is 222 g/mol. The zero-order valence-corrected chi connectivity index (χ0v) is 10.1. The molecule has 3 nitrogen and oxygen atoms in total. The normalized spacial score (nSPS) is 16.6. The van der Waals surface area contributed by atoms with E-state index in [0.29, 0.717) is 18.9 Å². The first kappa shape index (κ1) is 13.1. The van der Waals surface area contributed by atoms with Crippen LogP contribution >= 0.6 is 0 Å². The lowest BCUT2D eigenvalue weighted by Gasteiger charge is -2.20. The number of hydrogen-bond donors (Lipinski definition) is 1. The van der Waals surface area contributed by atoms with Crippen LogP contribution in [0, 0.1) is 18.3 Å². The van der Waals surface area contributed by atoms with Crippen LogP contribution in [0.15, 0.2) is 0 Å². The Labute approximate surface area is 98.4 Å². The summed E-state index contributed by atoms with van der Waals surface area (Å²) in [5, 5.41) is 0. The van der Waals surface area contributed by atoms with Gasteiger partial charge >= 0.3 is 0 Å². The van der Waals surface area contributed by atoms with E-state index >= 15 is 0 Å². The molecule has 2 N–H and O–H groups in total. The summed E-state index contributed by atoms with van der Waals surface area (Å²) in [6.45, 7) is 3.27. The number of carbonyl (C=O) groups excluding carboxylic acids is 1. The number of nitrogens with two attached hydrogens (primary N) is 1. The third-order valence-corrected chi connectivity index (χ3v) is 2.86. The molecular weight excluding hydrogens is 200 g/mol. The van der Waals surface area contributed by atoms with Crippen LogP contribution in [-0.4, -0.2) is 29.9 Å². The fourth-order valence-corrected chi connectivity index (χ4v) is 1.71. The molecule has 0 aromatic carbocycles. The third kappa shape index (κ3) is 5.18. The van der Waals surface area contributed by atoms with Gasteiger partial charge in [-0.05, 0) is 38.5 Å². The zero-order chi connectivity index (χ0) is 12.0. The molecule has 1 atom stereocenters. The van der Waals surface area contributed by atoms with Crippen LogP contribution in [0.3, 0.4) is 0 Å². The molecule has 1 unspecified atom stereocenters. The van der Waals surface area contributed by atoms with E-state index in [1.165, 1.54) is 12.8 Å². The predicted octanol–water partition coefficient (Wildman–Crippen LogP) is 1.38. The summed E-state index contributed by atoms with van der Waals surface area (Å²) in [5.41, 5.74) is 5.65. The van der Waals surface area contributed by atoms with Gasteiger partial charge in [0.05, 0.1) is 6.54 Å².